The standard InChI is InChI=1S/C26H36N4O2.HI/c1-19(32-25-12-8-7-11-24(25)31-3)17-28-26(27-2)29-21-15-22-13-14-23(16-21)30(22)18-20-9-5-4-6-10-20;/h4-12,19,21-23H,13-18H2,1-3H3,(H2,27,28,29);1H. The monoisotopic (exact) mass is 564 g/mol. The molecule has 6 nitrogen and oxygen atoms in total. The van der Waals surface area contributed by atoms with Crippen molar-refractivity contribution in [2.24, 2.45) is 4.99 Å². The largest absolute Gasteiger partial charge is 0.493 e. The Morgan fingerprint density at radius 3 is 2.30 bits per heavy atom. The maximum Gasteiger partial charge on any atom is 0.191 e. The number of nitrogens with one attached hydrogen (secondary N) is 2. The number of halogens is 1. The highest BCUT2D eigenvalue weighted by Gasteiger charge is 2.40. The van der Waals surface area contributed by atoms with Gasteiger partial charge >= 0.3 is 0 Å². The first kappa shape index (κ1) is 25.6. The number of benzene rings is 2. The molecule has 0 aromatic heterocycles. The molecule has 4 rings (SSSR count). The van der Waals surface area contributed by atoms with E-state index >= 15 is 0 Å². The Labute approximate surface area is 215 Å². The van der Waals surface area contributed by atoms with Gasteiger partial charge in [-0.15, -0.1) is 24.0 Å². The molecule has 2 aliphatic heterocycles. The first-order valence-corrected chi connectivity index (χ1v) is 11.7. The van der Waals surface area contributed by atoms with Crippen LogP contribution < -0.4 is 20.1 Å². The van der Waals surface area contributed by atoms with Crippen molar-refractivity contribution in [3.8, 4) is 11.5 Å². The fourth-order valence-corrected chi connectivity index (χ4v) is 5.05. The van der Waals surface area contributed by atoms with Gasteiger partial charge in [-0.25, -0.2) is 0 Å². The van der Waals surface area contributed by atoms with Crippen molar-refractivity contribution in [3.05, 3.63) is 60.2 Å². The van der Waals surface area contributed by atoms with Crippen LogP contribution in [0, 0.1) is 0 Å². The molecule has 0 spiro atoms. The van der Waals surface area contributed by atoms with Gasteiger partial charge in [-0.3, -0.25) is 9.89 Å². The molecular formula is C26H37IN4O2. The van der Waals surface area contributed by atoms with Crippen LogP contribution in [0.4, 0.5) is 0 Å². The summed E-state index contributed by atoms with van der Waals surface area (Å²) in [5, 5.41) is 7.10. The summed E-state index contributed by atoms with van der Waals surface area (Å²) in [6, 6.07) is 20.3. The van der Waals surface area contributed by atoms with Crippen LogP contribution >= 0.6 is 24.0 Å². The predicted octanol–water partition coefficient (Wildman–Crippen LogP) is 4.44. The van der Waals surface area contributed by atoms with Crippen LogP contribution in [0.3, 0.4) is 0 Å². The third-order valence-electron chi connectivity index (χ3n) is 6.61. The van der Waals surface area contributed by atoms with Crippen LogP contribution in [0.5, 0.6) is 11.5 Å². The smallest absolute Gasteiger partial charge is 0.191 e. The molecule has 180 valence electrons. The van der Waals surface area contributed by atoms with E-state index in [2.05, 4.69) is 57.8 Å². The molecule has 2 heterocycles. The van der Waals surface area contributed by atoms with Crippen LogP contribution in [0.15, 0.2) is 59.6 Å². The minimum atomic E-state index is -0.0197. The van der Waals surface area contributed by atoms with E-state index in [9.17, 15) is 0 Å². The van der Waals surface area contributed by atoms with Crippen molar-refractivity contribution in [1.82, 2.24) is 15.5 Å². The second-order valence-corrected chi connectivity index (χ2v) is 8.89. The number of rotatable bonds is 8. The second-order valence-electron chi connectivity index (χ2n) is 8.89. The Morgan fingerprint density at radius 2 is 1.67 bits per heavy atom. The lowest BCUT2D eigenvalue weighted by molar-refractivity contribution is 0.114. The number of fused-ring (bicyclic) bond motifs is 2. The van der Waals surface area contributed by atoms with E-state index in [-0.39, 0.29) is 30.1 Å². The molecule has 2 aromatic rings. The molecule has 3 unspecified atom stereocenters. The van der Waals surface area contributed by atoms with E-state index in [1.807, 2.05) is 31.3 Å². The quantitative estimate of drug-likeness (QED) is 0.282. The summed E-state index contributed by atoms with van der Waals surface area (Å²) in [5.74, 6) is 2.36. The van der Waals surface area contributed by atoms with E-state index in [1.54, 1.807) is 7.11 Å². The topological polar surface area (TPSA) is 58.1 Å². The van der Waals surface area contributed by atoms with Crippen molar-refractivity contribution in [1.29, 1.82) is 0 Å². The summed E-state index contributed by atoms with van der Waals surface area (Å²) >= 11 is 0. The molecule has 2 aliphatic rings. The van der Waals surface area contributed by atoms with Gasteiger partial charge in [0, 0.05) is 31.7 Å². The lowest BCUT2D eigenvalue weighted by Crippen LogP contribution is -2.53. The fourth-order valence-electron chi connectivity index (χ4n) is 5.05. The number of nitrogens with zero attached hydrogens (tertiary/aromatic N) is 2. The van der Waals surface area contributed by atoms with Gasteiger partial charge in [-0.2, -0.15) is 0 Å². The van der Waals surface area contributed by atoms with Crippen molar-refractivity contribution >= 4 is 29.9 Å². The average Bonchev–Trinajstić information content (AvgIpc) is 3.04. The molecule has 3 atom stereocenters. The number of guanidine groups is 1. The molecule has 2 aromatic carbocycles. The minimum Gasteiger partial charge on any atom is -0.493 e. The van der Waals surface area contributed by atoms with Crippen molar-refractivity contribution in [2.45, 2.75) is 63.4 Å². The molecule has 2 fully saturated rings. The summed E-state index contributed by atoms with van der Waals surface area (Å²) in [4.78, 5) is 7.17. The third kappa shape index (κ3) is 6.76. The van der Waals surface area contributed by atoms with Gasteiger partial charge in [-0.1, -0.05) is 42.5 Å². The van der Waals surface area contributed by atoms with Gasteiger partial charge < -0.3 is 20.1 Å². The molecule has 7 heteroatoms. The zero-order valence-electron chi connectivity index (χ0n) is 19.9. The molecule has 2 saturated heterocycles. The van der Waals surface area contributed by atoms with Gasteiger partial charge in [0.05, 0.1) is 13.7 Å². The van der Waals surface area contributed by atoms with E-state index in [0.29, 0.717) is 24.7 Å². The number of piperidine rings is 1. The Hall–Kier alpha value is -2.00. The zero-order chi connectivity index (χ0) is 22.3. The zero-order valence-corrected chi connectivity index (χ0v) is 22.2. The summed E-state index contributed by atoms with van der Waals surface area (Å²) in [7, 11) is 3.50. The molecular weight excluding hydrogens is 527 g/mol. The summed E-state index contributed by atoms with van der Waals surface area (Å²) in [6.07, 6.45) is 4.90. The number of methoxy groups -OCH3 is 1. The highest BCUT2D eigenvalue weighted by Crippen LogP contribution is 2.36. The van der Waals surface area contributed by atoms with Gasteiger partial charge in [0.25, 0.3) is 0 Å². The Morgan fingerprint density at radius 1 is 1.03 bits per heavy atom. The van der Waals surface area contributed by atoms with Gasteiger partial charge in [0.1, 0.15) is 6.10 Å². The van der Waals surface area contributed by atoms with Crippen LogP contribution in [0.1, 0.15) is 38.2 Å². The number of aliphatic imine (C=N–C) groups is 1. The highest BCUT2D eigenvalue weighted by molar-refractivity contribution is 14.0. The molecule has 0 saturated carbocycles. The number of hydrogen-bond donors (Lipinski definition) is 2. The van der Waals surface area contributed by atoms with Gasteiger partial charge in [0.15, 0.2) is 17.5 Å². The number of ether oxygens (including phenoxy) is 2. The van der Waals surface area contributed by atoms with Crippen molar-refractivity contribution in [3.63, 3.8) is 0 Å². The predicted molar refractivity (Wildman–Crippen MR) is 145 cm³/mol. The number of hydrogen-bond acceptors (Lipinski definition) is 4. The van der Waals surface area contributed by atoms with Crippen LogP contribution in [0.25, 0.3) is 0 Å². The normalized spacial score (nSPS) is 23.4. The van der Waals surface area contributed by atoms with Gasteiger partial charge in [0.2, 0.25) is 0 Å². The SMILES string of the molecule is CN=C(NCC(C)Oc1ccccc1OC)NC1CC2CCC(C1)N2Cc1ccccc1.I. The van der Waals surface area contributed by atoms with Gasteiger partial charge in [-0.05, 0) is 50.3 Å². The Balaban J connectivity index is 0.00000306. The molecule has 33 heavy (non-hydrogen) atoms. The van der Waals surface area contributed by atoms with Crippen molar-refractivity contribution < 1.29 is 9.47 Å². The summed E-state index contributed by atoms with van der Waals surface area (Å²) < 4.78 is 11.4. The fraction of sp³-hybridized carbons (Fsp3) is 0.500. The molecule has 0 aliphatic carbocycles. The van der Waals surface area contributed by atoms with Crippen molar-refractivity contribution in [2.75, 3.05) is 20.7 Å². The first-order chi connectivity index (χ1) is 15.7. The van der Waals surface area contributed by atoms with Crippen LogP contribution in [-0.2, 0) is 6.54 Å². The second kappa shape index (κ2) is 12.5. The molecule has 0 amide bonds. The molecule has 0 radical (unpaired) electrons. The number of para-hydroxylation sites is 2. The summed E-state index contributed by atoms with van der Waals surface area (Å²) in [5.41, 5.74) is 1.41. The minimum absolute atomic E-state index is 0. The molecule has 2 N–H and O–H groups in total. The maximum absolute atomic E-state index is 6.06. The van der Waals surface area contributed by atoms with E-state index in [4.69, 9.17) is 9.47 Å². The van der Waals surface area contributed by atoms with Crippen LogP contribution in [0.2, 0.25) is 0 Å². The van der Waals surface area contributed by atoms with E-state index in [0.717, 1.165) is 36.8 Å². The lowest BCUT2D eigenvalue weighted by Gasteiger charge is -2.39. The summed E-state index contributed by atoms with van der Waals surface area (Å²) in [6.45, 7) is 3.78. The Kier molecular flexibility index (Phi) is 9.67. The first-order valence-electron chi connectivity index (χ1n) is 11.7. The average molecular weight is 565 g/mol. The van der Waals surface area contributed by atoms with E-state index < -0.39 is 0 Å². The lowest BCUT2D eigenvalue weighted by atomic mass is 9.96. The maximum atomic E-state index is 6.06. The highest BCUT2D eigenvalue weighted by atomic mass is 127. The third-order valence-corrected chi connectivity index (χ3v) is 6.61. The van der Waals surface area contributed by atoms with Crippen LogP contribution in [-0.4, -0.2) is 55.8 Å². The molecule has 2 bridgehead atoms. The van der Waals surface area contributed by atoms with E-state index in [1.165, 1.54) is 18.4 Å². The Bertz CT molecular complexity index is 881.